The molecule has 8 heteroatoms. The SMILES string of the molecule is CN=C(NCC1(c2ccc(F)cc2)CC1)NC1CCc2nc(COC)nn2C1. The Balaban J connectivity index is 1.33. The maximum atomic E-state index is 13.2. The Morgan fingerprint density at radius 3 is 2.82 bits per heavy atom. The van der Waals surface area contributed by atoms with Crippen LogP contribution in [0.4, 0.5) is 4.39 Å². The highest BCUT2D eigenvalue weighted by molar-refractivity contribution is 5.80. The van der Waals surface area contributed by atoms with Crippen molar-refractivity contribution in [1.29, 1.82) is 0 Å². The van der Waals surface area contributed by atoms with Crippen molar-refractivity contribution in [2.24, 2.45) is 4.99 Å². The number of methoxy groups -OCH3 is 1. The number of rotatable bonds is 6. The molecule has 0 radical (unpaired) electrons. The van der Waals surface area contributed by atoms with Crippen LogP contribution in [0.3, 0.4) is 0 Å². The first-order valence-electron chi connectivity index (χ1n) is 9.77. The Morgan fingerprint density at radius 2 is 2.14 bits per heavy atom. The highest BCUT2D eigenvalue weighted by atomic mass is 19.1. The van der Waals surface area contributed by atoms with E-state index in [9.17, 15) is 4.39 Å². The summed E-state index contributed by atoms with van der Waals surface area (Å²) in [6.45, 7) is 1.99. The number of nitrogens with one attached hydrogen (secondary N) is 2. The fourth-order valence-electron chi connectivity index (χ4n) is 3.83. The van der Waals surface area contributed by atoms with Gasteiger partial charge in [0.15, 0.2) is 11.8 Å². The molecule has 0 amide bonds. The maximum Gasteiger partial charge on any atom is 0.191 e. The number of halogens is 1. The fourth-order valence-corrected chi connectivity index (χ4v) is 3.83. The second-order valence-corrected chi connectivity index (χ2v) is 7.65. The van der Waals surface area contributed by atoms with Gasteiger partial charge >= 0.3 is 0 Å². The molecule has 1 aromatic carbocycles. The Kier molecular flexibility index (Phi) is 5.30. The van der Waals surface area contributed by atoms with Crippen molar-refractivity contribution in [1.82, 2.24) is 25.4 Å². The standard InChI is InChI=1S/C20H27FN6O/c1-22-19(23-13-20(9-10-20)14-3-5-15(21)6-4-14)24-16-7-8-18-25-17(12-28-2)26-27(18)11-16/h3-6,16H,7-13H2,1-2H3,(H2,22,23,24). The van der Waals surface area contributed by atoms with Crippen LogP contribution in [-0.2, 0) is 29.7 Å². The molecule has 1 unspecified atom stereocenters. The molecule has 1 saturated carbocycles. The number of aromatic nitrogens is 3. The molecule has 0 spiro atoms. The van der Waals surface area contributed by atoms with Gasteiger partial charge in [0.25, 0.3) is 0 Å². The van der Waals surface area contributed by atoms with E-state index in [0.717, 1.165) is 56.4 Å². The molecule has 2 aliphatic rings. The minimum Gasteiger partial charge on any atom is -0.377 e. The molecular weight excluding hydrogens is 359 g/mol. The van der Waals surface area contributed by atoms with Crippen LogP contribution in [0, 0.1) is 5.82 Å². The Hall–Kier alpha value is -2.48. The van der Waals surface area contributed by atoms with E-state index in [2.05, 4.69) is 25.7 Å². The summed E-state index contributed by atoms with van der Waals surface area (Å²) >= 11 is 0. The van der Waals surface area contributed by atoms with Crippen molar-refractivity contribution in [3.63, 3.8) is 0 Å². The normalized spacial score (nSPS) is 20.5. The van der Waals surface area contributed by atoms with Gasteiger partial charge in [0.2, 0.25) is 0 Å². The number of ether oxygens (including phenoxy) is 1. The van der Waals surface area contributed by atoms with Crippen molar-refractivity contribution < 1.29 is 9.13 Å². The van der Waals surface area contributed by atoms with Crippen LogP contribution in [0.2, 0.25) is 0 Å². The topological polar surface area (TPSA) is 76.4 Å². The molecule has 2 heterocycles. The third-order valence-corrected chi connectivity index (χ3v) is 5.64. The quantitative estimate of drug-likeness (QED) is 0.585. The monoisotopic (exact) mass is 386 g/mol. The number of nitrogens with zero attached hydrogens (tertiary/aromatic N) is 4. The van der Waals surface area contributed by atoms with Gasteiger partial charge in [-0.3, -0.25) is 4.99 Å². The molecule has 0 saturated heterocycles. The summed E-state index contributed by atoms with van der Waals surface area (Å²) in [7, 11) is 3.44. The van der Waals surface area contributed by atoms with Crippen molar-refractivity contribution >= 4 is 5.96 Å². The summed E-state index contributed by atoms with van der Waals surface area (Å²) in [5.74, 6) is 2.35. The number of guanidine groups is 1. The average molecular weight is 386 g/mol. The molecule has 28 heavy (non-hydrogen) atoms. The van der Waals surface area contributed by atoms with Gasteiger partial charge in [-0.2, -0.15) is 5.10 Å². The number of aryl methyl sites for hydroxylation is 1. The van der Waals surface area contributed by atoms with Crippen molar-refractivity contribution in [3.05, 3.63) is 47.3 Å². The lowest BCUT2D eigenvalue weighted by Gasteiger charge is -2.26. The molecule has 1 atom stereocenters. The molecule has 2 N–H and O–H groups in total. The van der Waals surface area contributed by atoms with Crippen LogP contribution in [0.15, 0.2) is 29.3 Å². The third-order valence-electron chi connectivity index (χ3n) is 5.64. The summed E-state index contributed by atoms with van der Waals surface area (Å²) in [6, 6.07) is 7.11. The predicted octanol–water partition coefficient (Wildman–Crippen LogP) is 1.78. The van der Waals surface area contributed by atoms with Gasteiger partial charge in [-0.1, -0.05) is 12.1 Å². The molecule has 150 valence electrons. The molecule has 0 bridgehead atoms. The zero-order chi connectivity index (χ0) is 19.6. The smallest absolute Gasteiger partial charge is 0.191 e. The largest absolute Gasteiger partial charge is 0.377 e. The Labute approximate surface area is 164 Å². The van der Waals surface area contributed by atoms with E-state index in [1.54, 1.807) is 14.2 Å². The van der Waals surface area contributed by atoms with Crippen LogP contribution in [0.25, 0.3) is 0 Å². The minimum atomic E-state index is -0.191. The van der Waals surface area contributed by atoms with E-state index in [1.807, 2.05) is 16.8 Å². The number of fused-ring (bicyclic) bond motifs is 1. The van der Waals surface area contributed by atoms with E-state index in [1.165, 1.54) is 17.7 Å². The lowest BCUT2D eigenvalue weighted by Crippen LogP contribution is -2.48. The molecule has 2 aromatic rings. The van der Waals surface area contributed by atoms with Crippen LogP contribution in [-0.4, -0.2) is 47.5 Å². The fraction of sp³-hybridized carbons (Fsp3) is 0.550. The van der Waals surface area contributed by atoms with E-state index < -0.39 is 0 Å². The van der Waals surface area contributed by atoms with Crippen molar-refractivity contribution in [3.8, 4) is 0 Å². The van der Waals surface area contributed by atoms with Crippen LogP contribution < -0.4 is 10.6 Å². The first-order valence-corrected chi connectivity index (χ1v) is 9.77. The maximum absolute atomic E-state index is 13.2. The molecule has 4 rings (SSSR count). The van der Waals surface area contributed by atoms with Crippen LogP contribution >= 0.6 is 0 Å². The Bertz CT molecular complexity index is 843. The van der Waals surface area contributed by atoms with Gasteiger partial charge < -0.3 is 15.4 Å². The van der Waals surface area contributed by atoms with Crippen molar-refractivity contribution in [2.75, 3.05) is 20.7 Å². The second kappa shape index (κ2) is 7.87. The number of aliphatic imine (C=N–C) groups is 1. The second-order valence-electron chi connectivity index (χ2n) is 7.65. The number of hydrogen-bond donors (Lipinski definition) is 2. The highest BCUT2D eigenvalue weighted by Crippen LogP contribution is 2.47. The summed E-state index contributed by atoms with van der Waals surface area (Å²) in [6.07, 6.45) is 4.08. The van der Waals surface area contributed by atoms with Gasteiger partial charge in [0, 0.05) is 38.6 Å². The molecule has 1 aliphatic carbocycles. The minimum absolute atomic E-state index is 0.0893. The first-order chi connectivity index (χ1) is 13.6. The molecule has 1 aromatic heterocycles. The van der Waals surface area contributed by atoms with E-state index in [0.29, 0.717) is 6.61 Å². The van der Waals surface area contributed by atoms with Gasteiger partial charge in [0.1, 0.15) is 18.2 Å². The van der Waals surface area contributed by atoms with Gasteiger partial charge in [-0.05, 0) is 37.0 Å². The summed E-state index contributed by atoms with van der Waals surface area (Å²) in [4.78, 5) is 8.90. The van der Waals surface area contributed by atoms with E-state index in [4.69, 9.17) is 4.74 Å². The van der Waals surface area contributed by atoms with Crippen LogP contribution in [0.5, 0.6) is 0 Å². The first kappa shape index (κ1) is 18.9. The Morgan fingerprint density at radius 1 is 1.36 bits per heavy atom. The molecule has 1 aliphatic heterocycles. The van der Waals surface area contributed by atoms with Crippen molar-refractivity contribution in [2.45, 2.75) is 50.3 Å². The van der Waals surface area contributed by atoms with Crippen LogP contribution in [0.1, 0.15) is 36.5 Å². The third kappa shape index (κ3) is 4.01. The van der Waals surface area contributed by atoms with E-state index >= 15 is 0 Å². The van der Waals surface area contributed by atoms with Gasteiger partial charge in [0.05, 0.1) is 6.54 Å². The highest BCUT2D eigenvalue weighted by Gasteiger charge is 2.44. The number of benzene rings is 1. The summed E-state index contributed by atoms with van der Waals surface area (Å²) < 4.78 is 20.3. The molecular formula is C20H27FN6O. The predicted molar refractivity (Wildman–Crippen MR) is 105 cm³/mol. The average Bonchev–Trinajstić information content (AvgIpc) is 3.38. The van der Waals surface area contributed by atoms with Gasteiger partial charge in [-0.25, -0.2) is 14.1 Å². The zero-order valence-corrected chi connectivity index (χ0v) is 16.4. The lowest BCUT2D eigenvalue weighted by molar-refractivity contribution is 0.177. The molecule has 1 fully saturated rings. The summed E-state index contributed by atoms with van der Waals surface area (Å²) in [5.41, 5.74) is 1.28. The number of hydrogen-bond acceptors (Lipinski definition) is 4. The lowest BCUT2D eigenvalue weighted by atomic mass is 9.96. The van der Waals surface area contributed by atoms with E-state index in [-0.39, 0.29) is 17.3 Å². The summed E-state index contributed by atoms with van der Waals surface area (Å²) in [5, 5.41) is 11.5. The van der Waals surface area contributed by atoms with Gasteiger partial charge in [-0.15, -0.1) is 0 Å². The zero-order valence-electron chi connectivity index (χ0n) is 16.4. The molecule has 7 nitrogen and oxygen atoms in total.